The summed E-state index contributed by atoms with van der Waals surface area (Å²) in [6.45, 7) is 2.00. The first-order valence-corrected chi connectivity index (χ1v) is 7.40. The van der Waals surface area contributed by atoms with Crippen LogP contribution in [0.3, 0.4) is 0 Å². The molecule has 23 heavy (non-hydrogen) atoms. The van der Waals surface area contributed by atoms with Crippen molar-refractivity contribution < 1.29 is 33.2 Å². The van der Waals surface area contributed by atoms with E-state index in [1.807, 2.05) is 6.07 Å². The third-order valence-corrected chi connectivity index (χ3v) is 3.64. The van der Waals surface area contributed by atoms with Gasteiger partial charge in [-0.2, -0.15) is 0 Å². The Hall–Kier alpha value is -1.12. The second-order valence-corrected chi connectivity index (χ2v) is 5.96. The topological polar surface area (TPSA) is 68.2 Å². The van der Waals surface area contributed by atoms with Crippen molar-refractivity contribution in [1.82, 2.24) is 0 Å². The van der Waals surface area contributed by atoms with E-state index in [0.717, 1.165) is 0 Å². The standard InChI is InChI=1S/C16H22F2O5/c1-15(2)22-10-12(23-15)14(16(17,18)13(20)8-19)21-9-11-6-4-3-5-7-11/h3-7,12-14,19-20H,8-10H2,1-2H3/t12-,13-,14+/m1/s1. The first-order chi connectivity index (χ1) is 10.8. The minimum atomic E-state index is -3.68. The van der Waals surface area contributed by atoms with Gasteiger partial charge in [0.15, 0.2) is 11.9 Å². The zero-order chi connectivity index (χ0) is 17.1. The van der Waals surface area contributed by atoms with E-state index < -0.39 is 36.6 Å². The molecule has 0 unspecified atom stereocenters. The van der Waals surface area contributed by atoms with E-state index in [0.29, 0.717) is 5.56 Å². The number of hydrogen-bond donors (Lipinski definition) is 2. The lowest BCUT2D eigenvalue weighted by molar-refractivity contribution is -0.242. The van der Waals surface area contributed by atoms with Crippen LogP contribution in [0, 0.1) is 0 Å². The SMILES string of the molecule is CC1(C)OC[C@H]([C@H](OCc2ccccc2)C(F)(F)[C@H](O)CO)O1. The van der Waals surface area contributed by atoms with Gasteiger partial charge in [-0.1, -0.05) is 30.3 Å². The van der Waals surface area contributed by atoms with Gasteiger partial charge in [0.25, 0.3) is 0 Å². The normalized spacial score (nSPS) is 23.7. The van der Waals surface area contributed by atoms with Crippen LogP contribution in [-0.2, 0) is 20.8 Å². The number of rotatable bonds is 7. The molecule has 2 rings (SSSR count). The summed E-state index contributed by atoms with van der Waals surface area (Å²) in [4.78, 5) is 0. The van der Waals surface area contributed by atoms with Gasteiger partial charge in [-0.05, 0) is 19.4 Å². The molecule has 1 aliphatic heterocycles. The maximum atomic E-state index is 14.4. The van der Waals surface area contributed by atoms with Crippen molar-refractivity contribution in [3.8, 4) is 0 Å². The minimum absolute atomic E-state index is 0.0699. The van der Waals surface area contributed by atoms with Crippen LogP contribution in [-0.4, -0.2) is 53.4 Å². The number of benzene rings is 1. The second kappa shape index (κ2) is 7.19. The zero-order valence-electron chi connectivity index (χ0n) is 13.1. The summed E-state index contributed by atoms with van der Waals surface area (Å²) in [7, 11) is 0. The molecular weight excluding hydrogens is 310 g/mol. The minimum Gasteiger partial charge on any atom is -0.393 e. The van der Waals surface area contributed by atoms with Gasteiger partial charge in [0.2, 0.25) is 0 Å². The number of aliphatic hydroxyl groups is 2. The summed E-state index contributed by atoms with van der Waals surface area (Å²) < 4.78 is 45.0. The first kappa shape index (κ1) is 18.2. The lowest BCUT2D eigenvalue weighted by Gasteiger charge is -2.33. The maximum absolute atomic E-state index is 14.4. The highest BCUT2D eigenvalue weighted by Crippen LogP contribution is 2.35. The van der Waals surface area contributed by atoms with Gasteiger partial charge < -0.3 is 24.4 Å². The Morgan fingerprint density at radius 1 is 1.35 bits per heavy atom. The predicted molar refractivity (Wildman–Crippen MR) is 78.0 cm³/mol. The van der Waals surface area contributed by atoms with Crippen LogP contribution in [0.4, 0.5) is 8.78 Å². The molecule has 5 nitrogen and oxygen atoms in total. The fraction of sp³-hybridized carbons (Fsp3) is 0.625. The molecule has 0 saturated carbocycles. The summed E-state index contributed by atoms with van der Waals surface area (Å²) in [6, 6.07) is 8.84. The highest BCUT2D eigenvalue weighted by Gasteiger charge is 2.54. The average Bonchev–Trinajstić information content (AvgIpc) is 2.87. The molecule has 130 valence electrons. The van der Waals surface area contributed by atoms with Crippen LogP contribution in [0.1, 0.15) is 19.4 Å². The molecule has 0 bridgehead atoms. The lowest BCUT2D eigenvalue weighted by Crippen LogP contribution is -2.54. The summed E-state index contributed by atoms with van der Waals surface area (Å²) in [5.74, 6) is -4.68. The molecule has 0 aliphatic carbocycles. The molecule has 1 aromatic rings. The van der Waals surface area contributed by atoms with Crippen LogP contribution in [0.15, 0.2) is 30.3 Å². The fourth-order valence-electron chi connectivity index (χ4n) is 2.40. The number of ether oxygens (including phenoxy) is 3. The lowest BCUT2D eigenvalue weighted by atomic mass is 10.0. The van der Waals surface area contributed by atoms with Crippen LogP contribution < -0.4 is 0 Å². The van der Waals surface area contributed by atoms with Crippen molar-refractivity contribution in [3.63, 3.8) is 0 Å². The Labute approximate surface area is 133 Å². The van der Waals surface area contributed by atoms with Gasteiger partial charge in [-0.25, -0.2) is 8.78 Å². The molecule has 0 amide bonds. The molecular formula is C16H22F2O5. The smallest absolute Gasteiger partial charge is 0.303 e. The van der Waals surface area contributed by atoms with Crippen molar-refractivity contribution in [2.75, 3.05) is 13.2 Å². The third-order valence-electron chi connectivity index (χ3n) is 3.64. The van der Waals surface area contributed by atoms with Gasteiger partial charge in [-0.3, -0.25) is 0 Å². The van der Waals surface area contributed by atoms with E-state index in [4.69, 9.17) is 19.3 Å². The molecule has 1 fully saturated rings. The van der Waals surface area contributed by atoms with E-state index in [2.05, 4.69) is 0 Å². The van der Waals surface area contributed by atoms with Crippen LogP contribution in [0.2, 0.25) is 0 Å². The summed E-state index contributed by atoms with van der Waals surface area (Å²) in [5, 5.41) is 18.4. The highest BCUT2D eigenvalue weighted by atomic mass is 19.3. The first-order valence-electron chi connectivity index (χ1n) is 7.40. The molecule has 2 N–H and O–H groups in total. The summed E-state index contributed by atoms with van der Waals surface area (Å²) in [5.41, 5.74) is 0.713. The van der Waals surface area contributed by atoms with Gasteiger partial charge in [0.05, 0.1) is 19.8 Å². The molecule has 1 heterocycles. The zero-order valence-corrected chi connectivity index (χ0v) is 13.1. The Morgan fingerprint density at radius 2 is 2.00 bits per heavy atom. The van der Waals surface area contributed by atoms with Crippen LogP contribution >= 0.6 is 0 Å². The van der Waals surface area contributed by atoms with E-state index in [1.54, 1.807) is 38.1 Å². The van der Waals surface area contributed by atoms with E-state index in [1.165, 1.54) is 0 Å². The maximum Gasteiger partial charge on any atom is 0.303 e. The van der Waals surface area contributed by atoms with Crippen LogP contribution in [0.25, 0.3) is 0 Å². The Morgan fingerprint density at radius 3 is 2.52 bits per heavy atom. The molecule has 7 heteroatoms. The largest absolute Gasteiger partial charge is 0.393 e. The van der Waals surface area contributed by atoms with Crippen molar-refractivity contribution >= 4 is 0 Å². The number of halogens is 2. The molecule has 0 radical (unpaired) electrons. The molecule has 3 atom stereocenters. The third kappa shape index (κ3) is 4.45. The molecule has 0 spiro atoms. The number of hydrogen-bond acceptors (Lipinski definition) is 5. The van der Waals surface area contributed by atoms with Crippen molar-refractivity contribution in [1.29, 1.82) is 0 Å². The number of alkyl halides is 2. The molecule has 1 aliphatic rings. The van der Waals surface area contributed by atoms with Crippen molar-refractivity contribution in [3.05, 3.63) is 35.9 Å². The molecule has 1 aromatic carbocycles. The monoisotopic (exact) mass is 332 g/mol. The van der Waals surface area contributed by atoms with Crippen LogP contribution in [0.5, 0.6) is 0 Å². The second-order valence-electron chi connectivity index (χ2n) is 5.96. The number of aliphatic hydroxyl groups excluding tert-OH is 2. The van der Waals surface area contributed by atoms with E-state index in [-0.39, 0.29) is 13.2 Å². The fourth-order valence-corrected chi connectivity index (χ4v) is 2.40. The average molecular weight is 332 g/mol. The van der Waals surface area contributed by atoms with E-state index >= 15 is 0 Å². The molecule has 0 aromatic heterocycles. The summed E-state index contributed by atoms with van der Waals surface area (Å²) in [6.07, 6.45) is -5.04. The van der Waals surface area contributed by atoms with Crippen molar-refractivity contribution in [2.24, 2.45) is 0 Å². The predicted octanol–water partition coefficient (Wildman–Crippen LogP) is 1.71. The van der Waals surface area contributed by atoms with Gasteiger partial charge in [-0.15, -0.1) is 0 Å². The van der Waals surface area contributed by atoms with Gasteiger partial charge >= 0.3 is 5.92 Å². The Balaban J connectivity index is 2.14. The summed E-state index contributed by atoms with van der Waals surface area (Å²) >= 11 is 0. The van der Waals surface area contributed by atoms with Gasteiger partial charge in [0.1, 0.15) is 12.2 Å². The van der Waals surface area contributed by atoms with Crippen molar-refractivity contribution in [2.45, 2.75) is 50.5 Å². The van der Waals surface area contributed by atoms with E-state index in [9.17, 15) is 13.9 Å². The quantitative estimate of drug-likeness (QED) is 0.796. The van der Waals surface area contributed by atoms with Gasteiger partial charge in [0, 0.05) is 0 Å². The highest BCUT2D eigenvalue weighted by molar-refractivity contribution is 5.13. The Bertz CT molecular complexity index is 495. The molecule has 1 saturated heterocycles. The Kier molecular flexibility index (Phi) is 5.70.